The number of hydrogen-bond acceptors (Lipinski definition) is 8. The van der Waals surface area contributed by atoms with Gasteiger partial charge >= 0.3 is 6.18 Å². The van der Waals surface area contributed by atoms with E-state index in [-0.39, 0.29) is 25.6 Å². The lowest BCUT2D eigenvalue weighted by molar-refractivity contribution is -0.202. The number of nitrogens with zero attached hydrogens (tertiary/aromatic N) is 5. The second-order valence-electron chi connectivity index (χ2n) is 10.7. The fourth-order valence-electron chi connectivity index (χ4n) is 5.98. The number of anilines is 1. The van der Waals surface area contributed by atoms with Crippen LogP contribution in [0.25, 0.3) is 0 Å². The summed E-state index contributed by atoms with van der Waals surface area (Å²) >= 11 is 0. The number of carbonyl (C=O) groups excluding carboxylic acids is 2. The van der Waals surface area contributed by atoms with Crippen LogP contribution in [0.15, 0.2) is 61.1 Å². The van der Waals surface area contributed by atoms with Gasteiger partial charge in [-0.1, -0.05) is 24.3 Å². The molecule has 2 fully saturated rings. The molecular formula is C29H29F4N7O3. The minimum Gasteiger partial charge on any atom is -0.490 e. The number of ether oxygens (including phenoxy) is 1. The third-order valence-electron chi connectivity index (χ3n) is 8.11. The van der Waals surface area contributed by atoms with Crippen molar-refractivity contribution in [3.63, 3.8) is 0 Å². The highest BCUT2D eigenvalue weighted by Crippen LogP contribution is 2.41. The van der Waals surface area contributed by atoms with Crippen LogP contribution in [0.3, 0.4) is 0 Å². The molecule has 10 nitrogen and oxygen atoms in total. The smallest absolute Gasteiger partial charge is 0.402 e. The fraction of sp³-hybridized carbons (Fsp3) is 0.379. The van der Waals surface area contributed by atoms with Crippen LogP contribution in [-0.2, 0) is 11.3 Å². The zero-order valence-corrected chi connectivity index (χ0v) is 22.9. The van der Waals surface area contributed by atoms with Crippen LogP contribution in [0.4, 0.5) is 23.4 Å². The van der Waals surface area contributed by atoms with E-state index in [1.54, 1.807) is 21.9 Å². The molecule has 2 saturated heterocycles. The summed E-state index contributed by atoms with van der Waals surface area (Å²) in [5.74, 6) is -3.03. The maximum Gasteiger partial charge on any atom is 0.402 e. The molecule has 5 heterocycles. The zero-order chi connectivity index (χ0) is 30.1. The topological polar surface area (TPSA) is 103 Å². The molecule has 0 radical (unpaired) electrons. The number of benzene rings is 1. The first-order chi connectivity index (χ1) is 20.7. The number of halogens is 4. The lowest BCUT2D eigenvalue weighted by atomic mass is 9.94. The number of fused-ring (bicyclic) bond motifs is 1. The zero-order valence-electron chi connectivity index (χ0n) is 22.9. The third-order valence-corrected chi connectivity index (χ3v) is 8.11. The predicted molar refractivity (Wildman–Crippen MR) is 146 cm³/mol. The number of alkyl halides is 3. The van der Waals surface area contributed by atoms with E-state index in [9.17, 15) is 27.2 Å². The van der Waals surface area contributed by atoms with Crippen molar-refractivity contribution < 1.29 is 31.9 Å². The molecule has 3 atom stereocenters. The number of hydrazine groups is 1. The number of carbonyl (C=O) groups is 2. The Morgan fingerprint density at radius 3 is 2.58 bits per heavy atom. The Labute approximate surface area is 244 Å². The van der Waals surface area contributed by atoms with E-state index in [2.05, 4.69) is 20.8 Å². The van der Waals surface area contributed by atoms with Crippen LogP contribution in [0.1, 0.15) is 27.5 Å². The number of hydrogen-bond donors (Lipinski definition) is 2. The van der Waals surface area contributed by atoms with E-state index in [0.717, 1.165) is 17.3 Å². The van der Waals surface area contributed by atoms with E-state index in [4.69, 9.17) is 4.74 Å². The molecule has 0 saturated carbocycles. The number of nitrogens with one attached hydrogen (secondary N) is 2. The molecular weight excluding hydrogens is 570 g/mol. The van der Waals surface area contributed by atoms with Gasteiger partial charge in [0.05, 0.1) is 24.0 Å². The number of piperazine rings is 1. The molecule has 6 rings (SSSR count). The van der Waals surface area contributed by atoms with Gasteiger partial charge in [0, 0.05) is 51.5 Å². The standard InChI is InChI=1S/C29H29F4N7O3/c30-20-5-6-25(35-13-20)38-7-9-39(10-8-38)28(42)19-11-21(14-34-12-19)43-17-24-22-4-2-1-3-18(22)16-40(24)23-15-36-37-27(41)26(23)29(31,32)33/h1-6,11-14,23-24,26,36H,7-10,15-17H2,(H,37,41)/t23?,24-,26?/m1/s1. The summed E-state index contributed by atoms with van der Waals surface area (Å²) in [4.78, 5) is 39.2. The first-order valence-corrected chi connectivity index (χ1v) is 13.9. The Balaban J connectivity index is 1.14. The van der Waals surface area contributed by atoms with E-state index in [1.807, 2.05) is 29.2 Å². The number of pyridine rings is 2. The van der Waals surface area contributed by atoms with Gasteiger partial charge in [0.1, 0.15) is 24.0 Å². The third kappa shape index (κ3) is 5.97. The second-order valence-corrected chi connectivity index (χ2v) is 10.7. The summed E-state index contributed by atoms with van der Waals surface area (Å²) in [5, 5.41) is 0. The van der Waals surface area contributed by atoms with Crippen molar-refractivity contribution in [1.82, 2.24) is 30.6 Å². The number of rotatable bonds is 6. The average Bonchev–Trinajstić information content (AvgIpc) is 3.38. The van der Waals surface area contributed by atoms with Gasteiger partial charge in [0.2, 0.25) is 5.91 Å². The van der Waals surface area contributed by atoms with Crippen LogP contribution >= 0.6 is 0 Å². The normalized spacial score (nSPS) is 22.7. The molecule has 14 heteroatoms. The SMILES string of the molecule is O=C1NNCC(N2Cc3ccccc3[C@H]2COc2cncc(C(=O)N3CCN(c4ccc(F)cn4)CC3)c2)C1C(F)(F)F. The Morgan fingerprint density at radius 2 is 1.84 bits per heavy atom. The minimum absolute atomic E-state index is 0.0115. The molecule has 3 aromatic rings. The van der Waals surface area contributed by atoms with Crippen LogP contribution < -0.4 is 20.5 Å². The summed E-state index contributed by atoms with van der Waals surface area (Å²) in [5.41, 5.74) is 6.71. The van der Waals surface area contributed by atoms with Gasteiger partial charge in [-0.05, 0) is 29.3 Å². The van der Waals surface area contributed by atoms with Gasteiger partial charge < -0.3 is 14.5 Å². The quantitative estimate of drug-likeness (QED) is 0.418. The van der Waals surface area contributed by atoms with E-state index in [1.165, 1.54) is 18.5 Å². The molecule has 43 heavy (non-hydrogen) atoms. The number of aromatic nitrogens is 2. The molecule has 2 unspecified atom stereocenters. The molecule has 2 amide bonds. The van der Waals surface area contributed by atoms with Crippen LogP contribution in [-0.4, -0.2) is 83.1 Å². The molecule has 0 spiro atoms. The molecule has 2 aromatic heterocycles. The first kappa shape index (κ1) is 28.8. The highest BCUT2D eigenvalue weighted by atomic mass is 19.4. The fourth-order valence-corrected chi connectivity index (χ4v) is 5.98. The Hall–Kier alpha value is -4.30. The van der Waals surface area contributed by atoms with Gasteiger partial charge in [-0.25, -0.2) is 14.8 Å². The van der Waals surface area contributed by atoms with Crippen molar-refractivity contribution in [2.45, 2.75) is 24.8 Å². The maximum atomic E-state index is 14.0. The van der Waals surface area contributed by atoms with E-state index < -0.39 is 35.9 Å². The van der Waals surface area contributed by atoms with Crippen molar-refractivity contribution in [2.75, 3.05) is 44.2 Å². The van der Waals surface area contributed by atoms with Crippen molar-refractivity contribution in [2.24, 2.45) is 5.92 Å². The van der Waals surface area contributed by atoms with Gasteiger partial charge in [0.15, 0.2) is 5.92 Å². The molecule has 226 valence electrons. The van der Waals surface area contributed by atoms with Crippen LogP contribution in [0.5, 0.6) is 5.75 Å². The van der Waals surface area contributed by atoms with Crippen molar-refractivity contribution in [3.05, 3.63) is 83.6 Å². The first-order valence-electron chi connectivity index (χ1n) is 13.9. The van der Waals surface area contributed by atoms with E-state index in [0.29, 0.717) is 43.3 Å². The highest BCUT2D eigenvalue weighted by molar-refractivity contribution is 5.94. The summed E-state index contributed by atoms with van der Waals surface area (Å²) in [7, 11) is 0. The molecule has 0 bridgehead atoms. The minimum atomic E-state index is -4.73. The lowest BCUT2D eigenvalue weighted by Crippen LogP contribution is -2.64. The Bertz CT molecular complexity index is 1480. The average molecular weight is 600 g/mol. The second kappa shape index (κ2) is 11.8. The summed E-state index contributed by atoms with van der Waals surface area (Å²) < 4.78 is 61.2. The van der Waals surface area contributed by atoms with E-state index >= 15 is 0 Å². The Morgan fingerprint density at radius 1 is 1.05 bits per heavy atom. The highest BCUT2D eigenvalue weighted by Gasteiger charge is 2.55. The number of amides is 2. The van der Waals surface area contributed by atoms with Crippen LogP contribution in [0.2, 0.25) is 0 Å². The van der Waals surface area contributed by atoms with Crippen LogP contribution in [0, 0.1) is 11.7 Å². The van der Waals surface area contributed by atoms with Crippen molar-refractivity contribution in [1.29, 1.82) is 0 Å². The summed E-state index contributed by atoms with van der Waals surface area (Å²) in [6, 6.07) is 10.1. The summed E-state index contributed by atoms with van der Waals surface area (Å²) in [6.07, 6.45) is -0.670. The monoisotopic (exact) mass is 599 g/mol. The molecule has 0 aliphatic carbocycles. The molecule has 2 N–H and O–H groups in total. The van der Waals surface area contributed by atoms with Gasteiger partial charge in [-0.15, -0.1) is 0 Å². The lowest BCUT2D eigenvalue weighted by Gasteiger charge is -2.40. The van der Waals surface area contributed by atoms with Gasteiger partial charge in [-0.3, -0.25) is 24.9 Å². The maximum absolute atomic E-state index is 14.0. The summed E-state index contributed by atoms with van der Waals surface area (Å²) in [6.45, 7) is 2.04. The largest absolute Gasteiger partial charge is 0.490 e. The van der Waals surface area contributed by atoms with Crippen molar-refractivity contribution >= 4 is 17.6 Å². The Kier molecular flexibility index (Phi) is 7.88. The molecule has 3 aliphatic heterocycles. The predicted octanol–water partition coefficient (Wildman–Crippen LogP) is 2.70. The van der Waals surface area contributed by atoms with Gasteiger partial charge in [0.25, 0.3) is 5.91 Å². The van der Waals surface area contributed by atoms with Gasteiger partial charge in [-0.2, -0.15) is 13.2 Å². The molecule has 3 aliphatic rings. The van der Waals surface area contributed by atoms with Crippen molar-refractivity contribution in [3.8, 4) is 5.75 Å². The molecule has 1 aromatic carbocycles.